The minimum absolute atomic E-state index is 0.200. The van der Waals surface area contributed by atoms with Crippen LogP contribution in [0.25, 0.3) is 0 Å². The van der Waals surface area contributed by atoms with E-state index in [0.717, 1.165) is 24.8 Å². The molecular weight excluding hydrogens is 263 g/mol. The molecular formula is C13H21BO6. The molecule has 0 aliphatic rings. The summed E-state index contributed by atoms with van der Waals surface area (Å²) in [5.41, 5.74) is 0.864. The van der Waals surface area contributed by atoms with E-state index in [-0.39, 0.29) is 11.5 Å². The Labute approximate surface area is 119 Å². The summed E-state index contributed by atoms with van der Waals surface area (Å²) in [4.78, 5) is 0. The monoisotopic (exact) mass is 284 g/mol. The highest BCUT2D eigenvalue weighted by atomic mass is 16.6. The Bertz CT molecular complexity index is 435. The predicted molar refractivity (Wildman–Crippen MR) is 75.5 cm³/mol. The van der Waals surface area contributed by atoms with Crippen LogP contribution >= 0.6 is 0 Å². The minimum Gasteiger partial charge on any atom is -0.509 e. The molecule has 1 aromatic carbocycles. The Balaban J connectivity index is 3.35. The third kappa shape index (κ3) is 3.71. The second-order valence-electron chi connectivity index (χ2n) is 4.18. The van der Waals surface area contributed by atoms with Crippen LogP contribution in [0.3, 0.4) is 0 Å². The first-order chi connectivity index (χ1) is 9.58. The molecule has 1 rings (SSSR count). The summed E-state index contributed by atoms with van der Waals surface area (Å²) >= 11 is 0. The Morgan fingerprint density at radius 1 is 1.00 bits per heavy atom. The maximum atomic E-state index is 8.99. The topological polar surface area (TPSA) is 77.4 Å². The van der Waals surface area contributed by atoms with Gasteiger partial charge in [-0.15, -0.1) is 0 Å². The first-order valence-electron chi connectivity index (χ1n) is 6.43. The normalized spacial score (nSPS) is 10.1. The molecule has 0 spiro atoms. The van der Waals surface area contributed by atoms with E-state index in [2.05, 4.69) is 6.92 Å². The molecule has 0 bridgehead atoms. The lowest BCUT2D eigenvalue weighted by Crippen LogP contribution is -2.21. The molecule has 0 aliphatic carbocycles. The molecule has 0 saturated heterocycles. The molecule has 0 atom stereocenters. The van der Waals surface area contributed by atoms with Crippen molar-refractivity contribution in [2.24, 2.45) is 0 Å². The zero-order valence-corrected chi connectivity index (χ0v) is 12.3. The third-order valence-corrected chi connectivity index (χ3v) is 2.88. The number of rotatable bonds is 8. The highest BCUT2D eigenvalue weighted by Gasteiger charge is 2.24. The standard InChI is InChI=1S/C13H21BO6/c1-5-6-7-9-8-10(20-14(15)16)12(18-3)13(19-4)11(9)17-2/h8,15-16H,5-7H2,1-4H3. The molecule has 0 radical (unpaired) electrons. The molecule has 2 N–H and O–H groups in total. The zero-order chi connectivity index (χ0) is 15.1. The fourth-order valence-electron chi connectivity index (χ4n) is 2.01. The van der Waals surface area contributed by atoms with Gasteiger partial charge in [0.2, 0.25) is 11.5 Å². The second kappa shape index (κ2) is 7.86. The van der Waals surface area contributed by atoms with Crippen molar-refractivity contribution in [3.05, 3.63) is 11.6 Å². The first-order valence-corrected chi connectivity index (χ1v) is 6.43. The van der Waals surface area contributed by atoms with Crippen LogP contribution < -0.4 is 18.9 Å². The van der Waals surface area contributed by atoms with E-state index >= 15 is 0 Å². The molecule has 1 aromatic rings. The van der Waals surface area contributed by atoms with Crippen molar-refractivity contribution in [2.75, 3.05) is 21.3 Å². The number of hydrogen-bond donors (Lipinski definition) is 2. The predicted octanol–water partition coefficient (Wildman–Crippen LogP) is 1.40. The third-order valence-electron chi connectivity index (χ3n) is 2.88. The van der Waals surface area contributed by atoms with Crippen molar-refractivity contribution in [1.82, 2.24) is 0 Å². The van der Waals surface area contributed by atoms with Gasteiger partial charge in [0.1, 0.15) is 5.75 Å². The highest BCUT2D eigenvalue weighted by Crippen LogP contribution is 2.47. The van der Waals surface area contributed by atoms with Crippen molar-refractivity contribution in [3.8, 4) is 23.0 Å². The van der Waals surface area contributed by atoms with E-state index in [1.54, 1.807) is 13.2 Å². The fraction of sp³-hybridized carbons (Fsp3) is 0.538. The van der Waals surface area contributed by atoms with Crippen molar-refractivity contribution < 1.29 is 28.9 Å². The molecule has 0 saturated carbocycles. The van der Waals surface area contributed by atoms with Crippen LogP contribution in [0.15, 0.2) is 6.07 Å². The van der Waals surface area contributed by atoms with Crippen molar-refractivity contribution in [3.63, 3.8) is 0 Å². The van der Waals surface area contributed by atoms with Crippen LogP contribution in [-0.2, 0) is 6.42 Å². The SMILES string of the molecule is CCCCc1cc(OB(O)O)c(OC)c(OC)c1OC. The van der Waals surface area contributed by atoms with Gasteiger partial charge >= 0.3 is 7.32 Å². The quantitative estimate of drug-likeness (QED) is 0.703. The molecule has 112 valence electrons. The lowest BCUT2D eigenvalue weighted by molar-refractivity contribution is 0.271. The molecule has 0 amide bonds. The van der Waals surface area contributed by atoms with Crippen LogP contribution in [0.5, 0.6) is 23.0 Å². The van der Waals surface area contributed by atoms with Gasteiger partial charge in [-0.1, -0.05) is 13.3 Å². The van der Waals surface area contributed by atoms with Gasteiger partial charge in [0, 0.05) is 5.56 Å². The Kier molecular flexibility index (Phi) is 6.47. The fourth-order valence-corrected chi connectivity index (χ4v) is 2.01. The Morgan fingerprint density at radius 2 is 1.60 bits per heavy atom. The molecule has 20 heavy (non-hydrogen) atoms. The van der Waals surface area contributed by atoms with Gasteiger partial charge in [-0.3, -0.25) is 0 Å². The second-order valence-corrected chi connectivity index (χ2v) is 4.18. The van der Waals surface area contributed by atoms with Crippen LogP contribution in [-0.4, -0.2) is 38.7 Å². The summed E-state index contributed by atoms with van der Waals surface area (Å²) in [5.74, 6) is 1.40. The summed E-state index contributed by atoms with van der Waals surface area (Å²) in [6, 6.07) is 1.68. The van der Waals surface area contributed by atoms with Gasteiger partial charge in [-0.2, -0.15) is 0 Å². The van der Waals surface area contributed by atoms with Gasteiger partial charge in [-0.25, -0.2) is 0 Å². The molecule has 0 aromatic heterocycles. The summed E-state index contributed by atoms with van der Waals surface area (Å²) in [6.07, 6.45) is 2.75. The number of hydrogen-bond acceptors (Lipinski definition) is 6. The van der Waals surface area contributed by atoms with Gasteiger partial charge in [0.15, 0.2) is 5.75 Å². The number of aryl methyl sites for hydroxylation is 1. The number of ether oxygens (including phenoxy) is 3. The van der Waals surface area contributed by atoms with Gasteiger partial charge in [-0.05, 0) is 18.9 Å². The molecule has 0 aliphatic heterocycles. The van der Waals surface area contributed by atoms with E-state index in [4.69, 9.17) is 28.9 Å². The molecule has 0 fully saturated rings. The number of unbranched alkanes of at least 4 members (excludes halogenated alkanes) is 1. The van der Waals surface area contributed by atoms with E-state index in [1.165, 1.54) is 14.2 Å². The summed E-state index contributed by atoms with van der Waals surface area (Å²) in [6.45, 7) is 2.09. The highest BCUT2D eigenvalue weighted by molar-refractivity contribution is 6.33. The van der Waals surface area contributed by atoms with Crippen LogP contribution in [0.1, 0.15) is 25.3 Å². The Morgan fingerprint density at radius 3 is 2.05 bits per heavy atom. The number of benzene rings is 1. The lowest BCUT2D eigenvalue weighted by atomic mass is 10.0. The Hall–Kier alpha value is -1.60. The van der Waals surface area contributed by atoms with Crippen molar-refractivity contribution >= 4 is 7.32 Å². The van der Waals surface area contributed by atoms with Gasteiger partial charge in [0.25, 0.3) is 0 Å². The minimum atomic E-state index is -1.93. The number of methoxy groups -OCH3 is 3. The first kappa shape index (κ1) is 16.5. The smallest absolute Gasteiger partial charge is 0.509 e. The summed E-state index contributed by atoms with van der Waals surface area (Å²) in [7, 11) is 2.55. The van der Waals surface area contributed by atoms with Crippen LogP contribution in [0.2, 0.25) is 0 Å². The van der Waals surface area contributed by atoms with Crippen molar-refractivity contribution in [1.29, 1.82) is 0 Å². The maximum absolute atomic E-state index is 8.99. The maximum Gasteiger partial charge on any atom is 0.707 e. The van der Waals surface area contributed by atoms with E-state index in [0.29, 0.717) is 11.5 Å². The van der Waals surface area contributed by atoms with Gasteiger partial charge in [0.05, 0.1) is 21.3 Å². The van der Waals surface area contributed by atoms with Crippen LogP contribution in [0.4, 0.5) is 0 Å². The summed E-state index contributed by atoms with van der Waals surface area (Å²) < 4.78 is 20.9. The van der Waals surface area contributed by atoms with Crippen molar-refractivity contribution in [2.45, 2.75) is 26.2 Å². The lowest BCUT2D eigenvalue weighted by Gasteiger charge is -2.19. The molecule has 6 nitrogen and oxygen atoms in total. The average Bonchev–Trinajstić information content (AvgIpc) is 2.43. The molecule has 7 heteroatoms. The van der Waals surface area contributed by atoms with E-state index in [1.807, 2.05) is 0 Å². The largest absolute Gasteiger partial charge is 0.707 e. The zero-order valence-electron chi connectivity index (χ0n) is 12.3. The van der Waals surface area contributed by atoms with Gasteiger partial charge < -0.3 is 28.9 Å². The van der Waals surface area contributed by atoms with E-state index in [9.17, 15) is 0 Å². The van der Waals surface area contributed by atoms with Crippen LogP contribution in [0, 0.1) is 0 Å². The molecule has 0 heterocycles. The average molecular weight is 284 g/mol. The van der Waals surface area contributed by atoms with E-state index < -0.39 is 7.32 Å². The summed E-state index contributed by atoms with van der Waals surface area (Å²) in [5, 5.41) is 18.0. The molecule has 0 unspecified atom stereocenters.